The molecule has 0 bridgehead atoms. The van der Waals surface area contributed by atoms with Crippen LogP contribution in [0.5, 0.6) is 0 Å². The van der Waals surface area contributed by atoms with E-state index in [1.807, 2.05) is 0 Å². The van der Waals surface area contributed by atoms with Gasteiger partial charge in [0.2, 0.25) is 0 Å². The molecule has 0 saturated heterocycles. The third-order valence-electron chi connectivity index (χ3n) is 1.53. The summed E-state index contributed by atoms with van der Waals surface area (Å²) in [6.07, 6.45) is 1.09. The Morgan fingerprint density at radius 3 is 2.67 bits per heavy atom. The Labute approximate surface area is 93.4 Å². The van der Waals surface area contributed by atoms with Crippen molar-refractivity contribution in [1.82, 2.24) is 0 Å². The van der Waals surface area contributed by atoms with Crippen molar-refractivity contribution in [2.75, 3.05) is 13.9 Å². The lowest BCUT2D eigenvalue weighted by molar-refractivity contribution is -0.169. The minimum atomic E-state index is -0.441. The third-order valence-corrected chi connectivity index (χ3v) is 3.06. The Kier molecular flexibility index (Phi) is 8.26. The molecule has 0 aliphatic heterocycles. The second-order valence-electron chi connectivity index (χ2n) is 3.02. The van der Waals surface area contributed by atoms with Crippen molar-refractivity contribution in [2.45, 2.75) is 32.2 Å². The van der Waals surface area contributed by atoms with Gasteiger partial charge in [0.25, 0.3) is 0 Å². The molecule has 1 unspecified atom stereocenters. The normalized spacial score (nSPS) is 12.2. The van der Waals surface area contributed by atoms with Crippen LogP contribution in [0.25, 0.3) is 0 Å². The summed E-state index contributed by atoms with van der Waals surface area (Å²) in [5.74, 6) is -0.716. The first-order valence-electron chi connectivity index (χ1n) is 4.82. The van der Waals surface area contributed by atoms with E-state index in [1.54, 1.807) is 14.0 Å². The van der Waals surface area contributed by atoms with E-state index < -0.39 is 5.97 Å². The van der Waals surface area contributed by atoms with Gasteiger partial charge in [-0.2, -0.15) is 0 Å². The number of esters is 1. The number of carbonyl (C=O) groups is 1. The van der Waals surface area contributed by atoms with E-state index in [4.69, 9.17) is 14.2 Å². The van der Waals surface area contributed by atoms with Crippen LogP contribution in [0.15, 0.2) is 12.2 Å². The quantitative estimate of drug-likeness (QED) is 0.275. The van der Waals surface area contributed by atoms with Crippen molar-refractivity contribution in [3.63, 3.8) is 0 Å². The van der Waals surface area contributed by atoms with Gasteiger partial charge in [0.1, 0.15) is 15.4 Å². The zero-order valence-corrected chi connectivity index (χ0v) is 10.5. The lowest BCUT2D eigenvalue weighted by atomic mass is 10.4. The van der Waals surface area contributed by atoms with E-state index in [9.17, 15) is 4.79 Å². The van der Waals surface area contributed by atoms with Crippen LogP contribution in [0.1, 0.15) is 20.3 Å². The topological polar surface area (TPSA) is 44.8 Å². The first-order chi connectivity index (χ1) is 7.11. The second kappa shape index (κ2) is 8.64. The lowest BCUT2D eigenvalue weighted by Gasteiger charge is -2.15. The van der Waals surface area contributed by atoms with Crippen LogP contribution in [-0.2, 0) is 19.0 Å². The van der Waals surface area contributed by atoms with Gasteiger partial charge in [-0.05, 0) is 6.92 Å². The summed E-state index contributed by atoms with van der Waals surface area (Å²) < 4.78 is 15.1. The summed E-state index contributed by atoms with van der Waals surface area (Å²) in [7, 11) is 2.14. The van der Waals surface area contributed by atoms with E-state index >= 15 is 0 Å². The molecule has 0 fully saturated rings. The van der Waals surface area contributed by atoms with E-state index in [-0.39, 0.29) is 12.7 Å². The number of hydrogen-bond acceptors (Lipinski definition) is 4. The molecule has 0 rings (SSSR count). The highest BCUT2D eigenvalue weighted by Gasteiger charge is 2.09. The van der Waals surface area contributed by atoms with Crippen molar-refractivity contribution in [3.05, 3.63) is 12.2 Å². The number of methoxy groups -OCH3 is 1. The van der Waals surface area contributed by atoms with Gasteiger partial charge < -0.3 is 14.2 Å². The summed E-state index contributed by atoms with van der Waals surface area (Å²) in [4.78, 5) is 11.0. The standard InChI is InChI=1S/C10H18O4Si/c1-5-6-15-10(12-4)14-7-13-9(11)8(2)3/h10H,2,5-7H2,1,3-4H3. The van der Waals surface area contributed by atoms with Crippen LogP contribution >= 0.6 is 0 Å². The SMILES string of the molecule is C=C(C)C(=O)OCOC(OC)[Si]CCC. The average Bonchev–Trinajstić information content (AvgIpc) is 2.22. The predicted octanol–water partition coefficient (Wildman–Crippen LogP) is 1.54. The molecule has 15 heavy (non-hydrogen) atoms. The molecule has 86 valence electrons. The third kappa shape index (κ3) is 7.30. The molecule has 1 atom stereocenters. The number of hydrogen-bond donors (Lipinski definition) is 0. The molecule has 0 amide bonds. The Morgan fingerprint density at radius 2 is 2.20 bits per heavy atom. The molecule has 0 aliphatic carbocycles. The van der Waals surface area contributed by atoms with Crippen LogP contribution in [0.4, 0.5) is 0 Å². The Bertz CT molecular complexity index is 206. The van der Waals surface area contributed by atoms with Gasteiger partial charge in [0, 0.05) is 12.7 Å². The van der Waals surface area contributed by atoms with E-state index in [2.05, 4.69) is 13.5 Å². The second-order valence-corrected chi connectivity index (χ2v) is 4.40. The van der Waals surface area contributed by atoms with Crippen molar-refractivity contribution < 1.29 is 19.0 Å². The Hall–Kier alpha value is -0.653. The summed E-state index contributed by atoms with van der Waals surface area (Å²) in [6, 6.07) is 1.05. The molecule has 0 heterocycles. The predicted molar refractivity (Wildman–Crippen MR) is 58.5 cm³/mol. The van der Waals surface area contributed by atoms with Crippen molar-refractivity contribution >= 4 is 15.5 Å². The molecule has 0 saturated carbocycles. The van der Waals surface area contributed by atoms with E-state index in [1.165, 1.54) is 0 Å². The zero-order valence-electron chi connectivity index (χ0n) is 9.54. The lowest BCUT2D eigenvalue weighted by Crippen LogP contribution is -2.25. The van der Waals surface area contributed by atoms with Crippen molar-refractivity contribution in [1.29, 1.82) is 0 Å². The minimum Gasteiger partial charge on any atom is -0.435 e. The average molecular weight is 230 g/mol. The molecule has 0 aromatic rings. The fourth-order valence-corrected chi connectivity index (χ4v) is 1.62. The molecule has 5 heteroatoms. The van der Waals surface area contributed by atoms with Gasteiger partial charge in [-0.25, -0.2) is 4.79 Å². The first kappa shape index (κ1) is 14.3. The minimum absolute atomic E-state index is 0.0824. The van der Waals surface area contributed by atoms with Gasteiger partial charge >= 0.3 is 5.97 Å². The van der Waals surface area contributed by atoms with Gasteiger partial charge in [0.15, 0.2) is 6.79 Å². The molecular weight excluding hydrogens is 212 g/mol. The van der Waals surface area contributed by atoms with Crippen molar-refractivity contribution in [2.24, 2.45) is 0 Å². The molecular formula is C10H18O4Si. The van der Waals surface area contributed by atoms with Crippen LogP contribution in [0.2, 0.25) is 6.04 Å². The highest BCUT2D eigenvalue weighted by Crippen LogP contribution is 1.99. The van der Waals surface area contributed by atoms with E-state index in [0.717, 1.165) is 12.5 Å². The summed E-state index contributed by atoms with van der Waals surface area (Å²) in [6.45, 7) is 7.07. The molecule has 0 aromatic carbocycles. The van der Waals surface area contributed by atoms with Gasteiger partial charge in [-0.3, -0.25) is 0 Å². The Morgan fingerprint density at radius 1 is 1.53 bits per heavy atom. The molecule has 0 spiro atoms. The maximum absolute atomic E-state index is 11.0. The van der Waals surface area contributed by atoms with E-state index in [0.29, 0.717) is 15.1 Å². The fraction of sp³-hybridized carbons (Fsp3) is 0.700. The maximum atomic E-state index is 11.0. The molecule has 2 radical (unpaired) electrons. The number of ether oxygens (including phenoxy) is 3. The van der Waals surface area contributed by atoms with Gasteiger partial charge in [0.05, 0.1) is 0 Å². The maximum Gasteiger partial charge on any atom is 0.335 e. The number of carbonyl (C=O) groups excluding carboxylic acids is 1. The highest BCUT2D eigenvalue weighted by molar-refractivity contribution is 6.36. The summed E-state index contributed by atoms with van der Waals surface area (Å²) in [5, 5.41) is 0. The van der Waals surface area contributed by atoms with Crippen molar-refractivity contribution in [3.8, 4) is 0 Å². The smallest absolute Gasteiger partial charge is 0.335 e. The zero-order chi connectivity index (χ0) is 11.7. The van der Waals surface area contributed by atoms with Crippen LogP contribution in [-0.4, -0.2) is 35.3 Å². The molecule has 0 aromatic heterocycles. The monoisotopic (exact) mass is 230 g/mol. The molecule has 0 aliphatic rings. The first-order valence-corrected chi connectivity index (χ1v) is 6.10. The Balaban J connectivity index is 3.62. The molecule has 4 nitrogen and oxygen atoms in total. The van der Waals surface area contributed by atoms with Crippen LogP contribution in [0.3, 0.4) is 0 Å². The van der Waals surface area contributed by atoms with Crippen LogP contribution in [0, 0.1) is 0 Å². The fourth-order valence-electron chi connectivity index (χ4n) is 0.745. The van der Waals surface area contributed by atoms with Crippen LogP contribution < -0.4 is 0 Å². The highest BCUT2D eigenvalue weighted by atomic mass is 28.2. The van der Waals surface area contributed by atoms with Gasteiger partial charge in [-0.1, -0.05) is 26.0 Å². The summed E-state index contributed by atoms with van der Waals surface area (Å²) >= 11 is 0. The largest absolute Gasteiger partial charge is 0.435 e. The number of rotatable bonds is 8. The molecule has 0 N–H and O–H groups in total. The van der Waals surface area contributed by atoms with Gasteiger partial charge in [-0.15, -0.1) is 0 Å². The summed E-state index contributed by atoms with van der Waals surface area (Å²) in [5.41, 5.74) is 0.364.